The average molecular weight is 178 g/mol. The Hall–Kier alpha value is 0.0369. The van der Waals surface area contributed by atoms with Crippen molar-refractivity contribution in [3.63, 3.8) is 0 Å². The Morgan fingerprint density at radius 3 is 1.91 bits per heavy atom. The minimum atomic E-state index is -3.20. The second-order valence-electron chi connectivity index (χ2n) is 3.28. The van der Waals surface area contributed by atoms with E-state index >= 15 is 0 Å². The summed E-state index contributed by atoms with van der Waals surface area (Å²) in [6.07, 6.45) is 2.98. The van der Waals surface area contributed by atoms with E-state index in [2.05, 4.69) is 0 Å². The molecule has 0 bridgehead atoms. The Bertz CT molecular complexity index is 122. The summed E-state index contributed by atoms with van der Waals surface area (Å²) in [5.41, 5.74) is 0. The molecule has 0 amide bonds. The fraction of sp³-hybridized carbons (Fsp3) is 1.00. The van der Waals surface area contributed by atoms with Gasteiger partial charge in [-0.05, 0) is 26.7 Å². The highest BCUT2D eigenvalue weighted by atomic mass is 28.4. The van der Waals surface area contributed by atoms with Crippen LogP contribution in [0.2, 0.25) is 0 Å². The van der Waals surface area contributed by atoms with Crippen molar-refractivity contribution in [2.45, 2.75) is 45.2 Å². The standard InChI is InChI=1S/C7H14F2NSi/c1-6-4-3-5-7(2)10(6)11(8)9/h6-7H,3-5H2,1-2H3. The first-order valence-electron chi connectivity index (χ1n) is 4.09. The molecule has 0 aromatic heterocycles. The zero-order chi connectivity index (χ0) is 8.43. The molecule has 2 unspecified atom stereocenters. The van der Waals surface area contributed by atoms with Crippen LogP contribution in [-0.4, -0.2) is 26.3 Å². The molecule has 65 valence electrons. The van der Waals surface area contributed by atoms with Crippen LogP contribution in [0.1, 0.15) is 33.1 Å². The lowest BCUT2D eigenvalue weighted by molar-refractivity contribution is 0.173. The van der Waals surface area contributed by atoms with Gasteiger partial charge in [0.05, 0.1) is 0 Å². The summed E-state index contributed by atoms with van der Waals surface area (Å²) in [4.78, 5) is 0. The van der Waals surface area contributed by atoms with Gasteiger partial charge in [0.15, 0.2) is 0 Å². The first-order valence-corrected chi connectivity index (χ1v) is 5.29. The van der Waals surface area contributed by atoms with Crippen molar-refractivity contribution >= 4 is 9.63 Å². The number of hydrogen-bond acceptors (Lipinski definition) is 1. The van der Waals surface area contributed by atoms with Crippen LogP contribution < -0.4 is 0 Å². The van der Waals surface area contributed by atoms with E-state index in [4.69, 9.17) is 0 Å². The highest BCUT2D eigenvalue weighted by molar-refractivity contribution is 6.39. The van der Waals surface area contributed by atoms with E-state index in [1.807, 2.05) is 13.8 Å². The summed E-state index contributed by atoms with van der Waals surface area (Å²) in [6.45, 7) is 3.80. The van der Waals surface area contributed by atoms with Gasteiger partial charge in [-0.25, -0.2) is 8.22 Å². The molecule has 0 spiro atoms. The lowest BCUT2D eigenvalue weighted by Crippen LogP contribution is -2.49. The zero-order valence-corrected chi connectivity index (χ0v) is 7.98. The van der Waals surface area contributed by atoms with E-state index in [9.17, 15) is 8.22 Å². The van der Waals surface area contributed by atoms with Gasteiger partial charge in [0.2, 0.25) is 0 Å². The predicted octanol–water partition coefficient (Wildman–Crippen LogP) is 2.17. The third-order valence-electron chi connectivity index (χ3n) is 2.39. The lowest BCUT2D eigenvalue weighted by Gasteiger charge is -2.36. The lowest BCUT2D eigenvalue weighted by atomic mass is 10.0. The zero-order valence-electron chi connectivity index (χ0n) is 6.98. The summed E-state index contributed by atoms with van der Waals surface area (Å²) in [5, 5.41) is 0. The van der Waals surface area contributed by atoms with E-state index in [1.54, 1.807) is 0 Å². The van der Waals surface area contributed by atoms with Crippen LogP contribution in [0.25, 0.3) is 0 Å². The second kappa shape index (κ2) is 3.63. The van der Waals surface area contributed by atoms with Crippen molar-refractivity contribution in [1.82, 2.24) is 4.57 Å². The van der Waals surface area contributed by atoms with E-state index in [0.717, 1.165) is 19.3 Å². The summed E-state index contributed by atoms with van der Waals surface area (Å²) in [5.74, 6) is 0. The highest BCUT2D eigenvalue weighted by Gasteiger charge is 2.34. The molecule has 1 rings (SSSR count). The topological polar surface area (TPSA) is 3.24 Å². The molecule has 1 fully saturated rings. The van der Waals surface area contributed by atoms with Gasteiger partial charge in [-0.15, -0.1) is 0 Å². The maximum Gasteiger partial charge on any atom is 0.574 e. The molecule has 0 aliphatic carbocycles. The first kappa shape index (κ1) is 9.13. The Balaban J connectivity index is 2.55. The van der Waals surface area contributed by atoms with E-state index in [-0.39, 0.29) is 12.1 Å². The Morgan fingerprint density at radius 1 is 1.18 bits per heavy atom. The molecule has 0 saturated carbocycles. The summed E-state index contributed by atoms with van der Waals surface area (Å²) in [7, 11) is -3.20. The van der Waals surface area contributed by atoms with Crippen LogP contribution in [0.4, 0.5) is 8.22 Å². The molecule has 1 radical (unpaired) electrons. The normalized spacial score (nSPS) is 34.6. The fourth-order valence-corrected chi connectivity index (χ4v) is 2.68. The third-order valence-corrected chi connectivity index (χ3v) is 3.66. The molecule has 0 aromatic carbocycles. The Kier molecular flexibility index (Phi) is 3.01. The quantitative estimate of drug-likeness (QED) is 0.439. The molecule has 2 atom stereocenters. The van der Waals surface area contributed by atoms with Gasteiger partial charge in [-0.3, -0.25) is 4.57 Å². The van der Waals surface area contributed by atoms with Gasteiger partial charge >= 0.3 is 9.63 Å². The first-order chi connectivity index (χ1) is 5.13. The van der Waals surface area contributed by atoms with Crippen molar-refractivity contribution in [3.8, 4) is 0 Å². The van der Waals surface area contributed by atoms with E-state index in [1.165, 1.54) is 4.57 Å². The van der Waals surface area contributed by atoms with Crippen molar-refractivity contribution in [2.24, 2.45) is 0 Å². The average Bonchev–Trinajstić information content (AvgIpc) is 1.85. The Labute approximate surface area is 68.4 Å². The molecule has 0 N–H and O–H groups in total. The number of nitrogens with zero attached hydrogens (tertiary/aromatic N) is 1. The van der Waals surface area contributed by atoms with Gasteiger partial charge in [0.25, 0.3) is 0 Å². The number of hydrogen-bond donors (Lipinski definition) is 0. The van der Waals surface area contributed by atoms with Crippen molar-refractivity contribution < 1.29 is 8.22 Å². The van der Waals surface area contributed by atoms with Crippen LogP contribution in [0.5, 0.6) is 0 Å². The predicted molar refractivity (Wildman–Crippen MR) is 42.6 cm³/mol. The molecule has 1 saturated heterocycles. The number of piperidine rings is 1. The SMILES string of the molecule is CC1CCCC(C)N1[Si](F)F. The molecule has 4 heteroatoms. The number of rotatable bonds is 1. The highest BCUT2D eigenvalue weighted by Crippen LogP contribution is 2.23. The molecule has 1 nitrogen and oxygen atoms in total. The van der Waals surface area contributed by atoms with Gasteiger partial charge in [0.1, 0.15) is 0 Å². The van der Waals surface area contributed by atoms with Gasteiger partial charge in [0, 0.05) is 12.1 Å². The molecule has 0 aromatic rings. The number of halogens is 2. The van der Waals surface area contributed by atoms with Crippen LogP contribution in [-0.2, 0) is 0 Å². The summed E-state index contributed by atoms with van der Waals surface area (Å²) in [6, 6.07) is 0.199. The molecule has 11 heavy (non-hydrogen) atoms. The van der Waals surface area contributed by atoms with E-state index < -0.39 is 9.63 Å². The van der Waals surface area contributed by atoms with Gasteiger partial charge < -0.3 is 0 Å². The minimum absolute atomic E-state index is 0.0997. The van der Waals surface area contributed by atoms with Crippen LogP contribution in [0.3, 0.4) is 0 Å². The maximum atomic E-state index is 12.4. The molecule has 1 aliphatic rings. The second-order valence-corrected chi connectivity index (χ2v) is 4.27. The largest absolute Gasteiger partial charge is 0.574 e. The molecular weight excluding hydrogens is 164 g/mol. The smallest absolute Gasteiger partial charge is 0.266 e. The van der Waals surface area contributed by atoms with Crippen molar-refractivity contribution in [1.29, 1.82) is 0 Å². The van der Waals surface area contributed by atoms with Crippen LogP contribution in [0, 0.1) is 0 Å². The van der Waals surface area contributed by atoms with Crippen molar-refractivity contribution in [2.75, 3.05) is 0 Å². The molecule has 1 heterocycles. The third kappa shape index (κ3) is 1.99. The fourth-order valence-electron chi connectivity index (χ4n) is 1.75. The van der Waals surface area contributed by atoms with Gasteiger partial charge in [-0.1, -0.05) is 6.42 Å². The van der Waals surface area contributed by atoms with Crippen LogP contribution >= 0.6 is 0 Å². The maximum absolute atomic E-state index is 12.4. The van der Waals surface area contributed by atoms with E-state index in [0.29, 0.717) is 0 Å². The monoisotopic (exact) mass is 178 g/mol. The van der Waals surface area contributed by atoms with Crippen LogP contribution in [0.15, 0.2) is 0 Å². The van der Waals surface area contributed by atoms with Crippen molar-refractivity contribution in [3.05, 3.63) is 0 Å². The molecule has 1 aliphatic heterocycles. The minimum Gasteiger partial charge on any atom is -0.266 e. The summed E-state index contributed by atoms with van der Waals surface area (Å²) >= 11 is 0. The Morgan fingerprint density at radius 2 is 1.64 bits per heavy atom. The van der Waals surface area contributed by atoms with Gasteiger partial charge in [-0.2, -0.15) is 0 Å². The summed E-state index contributed by atoms with van der Waals surface area (Å²) < 4.78 is 26.3. The molecular formula is C7H14F2NSi.